The highest BCUT2D eigenvalue weighted by atomic mass is 16.5. The van der Waals surface area contributed by atoms with Gasteiger partial charge in [0.1, 0.15) is 11.4 Å². The number of piperazine rings is 1. The Kier molecular flexibility index (Phi) is 6.84. The normalized spacial score (nSPS) is 25.6. The van der Waals surface area contributed by atoms with Crippen molar-refractivity contribution in [3.63, 3.8) is 0 Å². The smallest absolute Gasteiger partial charge is 0.191 e. The van der Waals surface area contributed by atoms with Crippen LogP contribution in [0.5, 0.6) is 5.75 Å². The second kappa shape index (κ2) is 9.56. The quantitative estimate of drug-likeness (QED) is 0.574. The predicted octanol–water partition coefficient (Wildman–Crippen LogP) is 2.87. The molecule has 2 atom stereocenters. The van der Waals surface area contributed by atoms with Crippen LogP contribution in [0.15, 0.2) is 29.3 Å². The summed E-state index contributed by atoms with van der Waals surface area (Å²) in [6, 6.07) is 8.75. The number of ether oxygens (including phenoxy) is 1. The summed E-state index contributed by atoms with van der Waals surface area (Å²) in [5.74, 6) is 2.52. The molecule has 0 bridgehead atoms. The molecule has 3 aliphatic rings. The van der Waals surface area contributed by atoms with Gasteiger partial charge in [0.25, 0.3) is 0 Å². The maximum atomic E-state index is 6.51. The molecule has 1 aliphatic carbocycles. The third kappa shape index (κ3) is 5.09. The van der Waals surface area contributed by atoms with E-state index in [1.165, 1.54) is 44.6 Å². The fourth-order valence-electron chi connectivity index (χ4n) is 5.24. The van der Waals surface area contributed by atoms with Crippen LogP contribution < -0.4 is 15.4 Å². The van der Waals surface area contributed by atoms with E-state index in [9.17, 15) is 0 Å². The van der Waals surface area contributed by atoms with E-state index in [1.807, 2.05) is 7.05 Å². The summed E-state index contributed by atoms with van der Waals surface area (Å²) in [7, 11) is 4.08. The third-order valence-electron chi connectivity index (χ3n) is 7.03. The molecule has 0 aromatic heterocycles. The third-order valence-corrected chi connectivity index (χ3v) is 7.03. The molecule has 0 amide bonds. The van der Waals surface area contributed by atoms with Crippen molar-refractivity contribution in [1.29, 1.82) is 0 Å². The van der Waals surface area contributed by atoms with Gasteiger partial charge in [-0.3, -0.25) is 4.99 Å². The van der Waals surface area contributed by atoms with Crippen LogP contribution >= 0.6 is 0 Å². The van der Waals surface area contributed by atoms with Gasteiger partial charge in [0, 0.05) is 58.3 Å². The van der Waals surface area contributed by atoms with Gasteiger partial charge in [0.15, 0.2) is 5.96 Å². The molecule has 2 fully saturated rings. The number of guanidine groups is 1. The largest absolute Gasteiger partial charge is 0.487 e. The standard InChI is InChI=1S/C24H39N5O/c1-19(18-29-14-12-28(3)13-15-29)17-26-23(25-2)27-21-16-24(10-6-7-11-24)30-22-9-5-4-8-20(21)22/h4-5,8-9,19,21H,6-7,10-18H2,1-3H3,(H2,25,26,27). The second-order valence-electron chi connectivity index (χ2n) is 9.59. The molecule has 6 nitrogen and oxygen atoms in total. The maximum absolute atomic E-state index is 6.51. The van der Waals surface area contributed by atoms with Crippen LogP contribution in [-0.4, -0.2) is 74.7 Å². The number of likely N-dealkylation sites (N-methyl/N-ethyl adjacent to an activating group) is 1. The van der Waals surface area contributed by atoms with E-state index in [-0.39, 0.29) is 11.6 Å². The molecule has 1 saturated heterocycles. The van der Waals surface area contributed by atoms with E-state index in [4.69, 9.17) is 4.74 Å². The van der Waals surface area contributed by atoms with Crippen molar-refractivity contribution < 1.29 is 4.74 Å². The van der Waals surface area contributed by atoms with Crippen molar-refractivity contribution in [1.82, 2.24) is 20.4 Å². The predicted molar refractivity (Wildman–Crippen MR) is 123 cm³/mol. The lowest BCUT2D eigenvalue weighted by atomic mass is 9.86. The number of nitrogens with one attached hydrogen (secondary N) is 2. The Morgan fingerprint density at radius 1 is 1.20 bits per heavy atom. The minimum Gasteiger partial charge on any atom is -0.487 e. The van der Waals surface area contributed by atoms with Crippen molar-refractivity contribution in [3.05, 3.63) is 29.8 Å². The summed E-state index contributed by atoms with van der Waals surface area (Å²) in [6.07, 6.45) is 5.88. The van der Waals surface area contributed by atoms with Crippen LogP contribution in [0.2, 0.25) is 0 Å². The van der Waals surface area contributed by atoms with Crippen LogP contribution in [0.25, 0.3) is 0 Å². The highest BCUT2D eigenvalue weighted by Crippen LogP contribution is 2.46. The first-order valence-electron chi connectivity index (χ1n) is 11.7. The zero-order valence-corrected chi connectivity index (χ0v) is 19.0. The fraction of sp³-hybridized carbons (Fsp3) is 0.708. The molecule has 6 heteroatoms. The van der Waals surface area contributed by atoms with Crippen LogP contribution in [-0.2, 0) is 0 Å². The summed E-state index contributed by atoms with van der Waals surface area (Å²) < 4.78 is 6.51. The van der Waals surface area contributed by atoms with Gasteiger partial charge in [-0.2, -0.15) is 0 Å². The van der Waals surface area contributed by atoms with Crippen LogP contribution in [0.1, 0.15) is 50.6 Å². The number of fused-ring (bicyclic) bond motifs is 1. The van der Waals surface area contributed by atoms with Crippen LogP contribution in [0, 0.1) is 5.92 Å². The molecule has 2 heterocycles. The van der Waals surface area contributed by atoms with E-state index in [1.54, 1.807) is 0 Å². The first kappa shape index (κ1) is 21.4. The molecule has 1 saturated carbocycles. The van der Waals surface area contributed by atoms with Crippen molar-refractivity contribution in [2.75, 3.05) is 53.4 Å². The zero-order valence-electron chi connectivity index (χ0n) is 19.0. The molecule has 2 N–H and O–H groups in total. The van der Waals surface area contributed by atoms with Gasteiger partial charge in [-0.25, -0.2) is 0 Å². The number of benzene rings is 1. The average Bonchev–Trinajstić information content (AvgIpc) is 3.20. The topological polar surface area (TPSA) is 52.1 Å². The molecule has 2 aliphatic heterocycles. The van der Waals surface area contributed by atoms with Gasteiger partial charge in [-0.05, 0) is 44.7 Å². The van der Waals surface area contributed by atoms with E-state index >= 15 is 0 Å². The molecular weight excluding hydrogens is 374 g/mol. The number of hydrogen-bond acceptors (Lipinski definition) is 4. The lowest BCUT2D eigenvalue weighted by molar-refractivity contribution is 0.0396. The molecule has 0 radical (unpaired) electrons. The Bertz CT molecular complexity index is 722. The molecule has 2 unspecified atom stereocenters. The molecule has 166 valence electrons. The Balaban J connectivity index is 1.34. The fourth-order valence-corrected chi connectivity index (χ4v) is 5.24. The zero-order chi connectivity index (χ0) is 21.0. The Morgan fingerprint density at radius 3 is 2.67 bits per heavy atom. The van der Waals surface area contributed by atoms with Crippen molar-refractivity contribution >= 4 is 5.96 Å². The van der Waals surface area contributed by atoms with Gasteiger partial charge >= 0.3 is 0 Å². The highest BCUT2D eigenvalue weighted by molar-refractivity contribution is 5.80. The summed E-state index contributed by atoms with van der Waals surface area (Å²) >= 11 is 0. The van der Waals surface area contributed by atoms with Crippen LogP contribution in [0.4, 0.5) is 0 Å². The number of nitrogens with zero attached hydrogens (tertiary/aromatic N) is 3. The second-order valence-corrected chi connectivity index (χ2v) is 9.59. The lowest BCUT2D eigenvalue weighted by Crippen LogP contribution is -2.49. The first-order chi connectivity index (χ1) is 14.6. The SMILES string of the molecule is CN=C(NCC(C)CN1CCN(C)CC1)NC1CC2(CCCC2)Oc2ccccc21. The van der Waals surface area contributed by atoms with Gasteiger partial charge in [0.05, 0.1) is 6.04 Å². The van der Waals surface area contributed by atoms with Crippen molar-refractivity contribution in [2.45, 2.75) is 50.7 Å². The van der Waals surface area contributed by atoms with E-state index in [0.717, 1.165) is 44.1 Å². The monoisotopic (exact) mass is 413 g/mol. The van der Waals surface area contributed by atoms with E-state index in [0.29, 0.717) is 5.92 Å². The molecule has 1 aromatic carbocycles. The summed E-state index contributed by atoms with van der Waals surface area (Å²) in [4.78, 5) is 9.53. The molecular formula is C24H39N5O. The van der Waals surface area contributed by atoms with Crippen molar-refractivity contribution in [2.24, 2.45) is 10.9 Å². The maximum Gasteiger partial charge on any atom is 0.191 e. The molecule has 1 spiro atoms. The molecule has 1 aromatic rings. The number of para-hydroxylation sites is 1. The minimum absolute atomic E-state index is 0.000411. The summed E-state index contributed by atoms with van der Waals surface area (Å²) in [5.41, 5.74) is 1.25. The number of aliphatic imine (C=N–C) groups is 1. The van der Waals surface area contributed by atoms with E-state index < -0.39 is 0 Å². The average molecular weight is 414 g/mol. The van der Waals surface area contributed by atoms with Gasteiger partial charge in [-0.15, -0.1) is 0 Å². The lowest BCUT2D eigenvalue weighted by Gasteiger charge is -2.40. The minimum atomic E-state index is -0.000411. The van der Waals surface area contributed by atoms with Crippen LogP contribution in [0.3, 0.4) is 0 Å². The van der Waals surface area contributed by atoms with Gasteiger partial charge < -0.3 is 25.2 Å². The van der Waals surface area contributed by atoms with Gasteiger partial charge in [-0.1, -0.05) is 25.1 Å². The number of hydrogen-bond donors (Lipinski definition) is 2. The summed E-state index contributed by atoms with van der Waals surface area (Å²) in [5, 5.41) is 7.30. The Morgan fingerprint density at radius 2 is 1.93 bits per heavy atom. The van der Waals surface area contributed by atoms with E-state index in [2.05, 4.69) is 63.7 Å². The summed E-state index contributed by atoms with van der Waals surface area (Å²) in [6.45, 7) is 9.10. The molecule has 4 rings (SSSR count). The van der Waals surface area contributed by atoms with Gasteiger partial charge in [0.2, 0.25) is 0 Å². The Hall–Kier alpha value is -1.79. The highest BCUT2D eigenvalue weighted by Gasteiger charge is 2.43. The molecule has 30 heavy (non-hydrogen) atoms. The Labute approximate surface area is 182 Å². The van der Waals surface area contributed by atoms with Crippen molar-refractivity contribution in [3.8, 4) is 5.75 Å². The first-order valence-corrected chi connectivity index (χ1v) is 11.7. The number of rotatable bonds is 5.